The molecule has 0 bridgehead atoms. The van der Waals surface area contributed by atoms with Gasteiger partial charge in [0.25, 0.3) is 5.56 Å². The third-order valence-corrected chi connectivity index (χ3v) is 4.16. The van der Waals surface area contributed by atoms with E-state index in [4.69, 9.17) is 4.52 Å². The minimum Gasteiger partial charge on any atom is -0.345 e. The zero-order chi connectivity index (χ0) is 19.4. The van der Waals surface area contributed by atoms with Gasteiger partial charge in [0.05, 0.1) is 5.69 Å². The Hall–Kier alpha value is -3.29. The van der Waals surface area contributed by atoms with E-state index in [1.54, 1.807) is 6.07 Å². The van der Waals surface area contributed by atoms with Crippen LogP contribution in [0, 0.1) is 6.92 Å². The number of hydrogen-bond acceptors (Lipinski definition) is 6. The normalized spacial score (nSPS) is 12.0. The molecule has 0 aliphatic carbocycles. The van der Waals surface area contributed by atoms with E-state index < -0.39 is 5.91 Å². The summed E-state index contributed by atoms with van der Waals surface area (Å²) in [5.41, 5.74) is 2.41. The van der Waals surface area contributed by atoms with E-state index in [-0.39, 0.29) is 29.9 Å². The minimum atomic E-state index is -0.434. The second-order valence-corrected chi connectivity index (χ2v) is 6.38. The molecule has 8 nitrogen and oxygen atoms in total. The number of amides is 1. The molecule has 1 unspecified atom stereocenters. The van der Waals surface area contributed by atoms with Crippen molar-refractivity contribution in [2.24, 2.45) is 0 Å². The van der Waals surface area contributed by atoms with Crippen molar-refractivity contribution in [2.45, 2.75) is 39.8 Å². The lowest BCUT2D eigenvalue weighted by Crippen LogP contribution is -2.32. The first-order valence-electron chi connectivity index (χ1n) is 8.75. The van der Waals surface area contributed by atoms with E-state index in [0.717, 1.165) is 17.5 Å². The van der Waals surface area contributed by atoms with Crippen LogP contribution in [0.5, 0.6) is 0 Å². The molecule has 0 spiro atoms. The molecule has 0 radical (unpaired) electrons. The zero-order valence-electron chi connectivity index (χ0n) is 15.5. The van der Waals surface area contributed by atoms with Crippen LogP contribution < -0.4 is 10.9 Å². The fraction of sp³-hybridized carbons (Fsp3) is 0.316. The average molecular weight is 367 g/mol. The first kappa shape index (κ1) is 18.5. The van der Waals surface area contributed by atoms with Gasteiger partial charge in [0, 0.05) is 17.7 Å². The summed E-state index contributed by atoms with van der Waals surface area (Å²) in [5, 5.41) is 10.9. The van der Waals surface area contributed by atoms with Gasteiger partial charge < -0.3 is 9.84 Å². The number of carbonyl (C=O) groups is 1. The largest absolute Gasteiger partial charge is 0.345 e. The highest BCUT2D eigenvalue weighted by Gasteiger charge is 2.17. The van der Waals surface area contributed by atoms with Gasteiger partial charge in [-0.3, -0.25) is 9.59 Å². The van der Waals surface area contributed by atoms with Crippen LogP contribution in [0.15, 0.2) is 45.7 Å². The number of hydrogen-bond donors (Lipinski definition) is 1. The number of aryl methyl sites for hydroxylation is 1. The molecular weight excluding hydrogens is 346 g/mol. The first-order valence-corrected chi connectivity index (χ1v) is 8.75. The van der Waals surface area contributed by atoms with Crippen molar-refractivity contribution in [3.8, 4) is 11.3 Å². The predicted molar refractivity (Wildman–Crippen MR) is 99.3 cm³/mol. The van der Waals surface area contributed by atoms with E-state index in [1.807, 2.05) is 45.0 Å². The average Bonchev–Trinajstić information content (AvgIpc) is 3.13. The number of nitrogens with zero attached hydrogens (tertiary/aromatic N) is 4. The molecule has 0 saturated carbocycles. The minimum absolute atomic E-state index is 0.00308. The molecule has 0 saturated heterocycles. The summed E-state index contributed by atoms with van der Waals surface area (Å²) in [6.07, 6.45) is 0.790. The summed E-state index contributed by atoms with van der Waals surface area (Å²) in [5.74, 6) is -0.357. The monoisotopic (exact) mass is 367 g/mol. The highest BCUT2D eigenvalue weighted by molar-refractivity contribution is 5.89. The number of benzene rings is 1. The van der Waals surface area contributed by atoms with Crippen LogP contribution in [0.2, 0.25) is 0 Å². The lowest BCUT2D eigenvalue weighted by Gasteiger charge is -2.08. The van der Waals surface area contributed by atoms with E-state index in [1.165, 1.54) is 10.7 Å². The Morgan fingerprint density at radius 3 is 2.67 bits per heavy atom. The van der Waals surface area contributed by atoms with Crippen molar-refractivity contribution < 1.29 is 9.32 Å². The van der Waals surface area contributed by atoms with Crippen LogP contribution in [-0.4, -0.2) is 31.9 Å². The maximum absolute atomic E-state index is 12.1. The van der Waals surface area contributed by atoms with Crippen molar-refractivity contribution >= 4 is 5.91 Å². The molecule has 27 heavy (non-hydrogen) atoms. The third kappa shape index (κ3) is 4.46. The predicted octanol–water partition coefficient (Wildman–Crippen LogP) is 2.18. The van der Waals surface area contributed by atoms with Gasteiger partial charge in [-0.05, 0) is 26.3 Å². The number of nitrogens with one attached hydrogen (secondary N) is 1. The van der Waals surface area contributed by atoms with Crippen LogP contribution >= 0.6 is 0 Å². The fourth-order valence-electron chi connectivity index (χ4n) is 2.37. The molecular formula is C19H21N5O3. The number of aromatic nitrogens is 4. The summed E-state index contributed by atoms with van der Waals surface area (Å²) in [6, 6.07) is 11.0. The summed E-state index contributed by atoms with van der Waals surface area (Å²) in [7, 11) is 0. The lowest BCUT2D eigenvalue weighted by molar-refractivity contribution is 0.0895. The van der Waals surface area contributed by atoms with Crippen molar-refractivity contribution in [1.29, 1.82) is 0 Å². The molecule has 2 aromatic heterocycles. The second-order valence-electron chi connectivity index (χ2n) is 6.38. The summed E-state index contributed by atoms with van der Waals surface area (Å²) in [4.78, 5) is 28.2. The van der Waals surface area contributed by atoms with Gasteiger partial charge in [0.1, 0.15) is 6.54 Å². The standard InChI is InChI=1S/C19H21N5O3/c1-4-13(3)20-18(26)19-21-16(23-27-19)11-24-17(25)10-9-15(22-24)14-7-5-12(2)6-8-14/h5-10,13H,4,11H2,1-3H3,(H,20,26). The zero-order valence-corrected chi connectivity index (χ0v) is 15.5. The molecule has 1 N–H and O–H groups in total. The third-order valence-electron chi connectivity index (χ3n) is 4.16. The molecule has 3 aromatic rings. The highest BCUT2D eigenvalue weighted by atomic mass is 16.5. The van der Waals surface area contributed by atoms with Crippen molar-refractivity contribution in [3.05, 3.63) is 64.0 Å². The number of carbonyl (C=O) groups excluding carboxylic acids is 1. The quantitative estimate of drug-likeness (QED) is 0.716. The van der Waals surface area contributed by atoms with E-state index in [9.17, 15) is 9.59 Å². The van der Waals surface area contributed by atoms with Gasteiger partial charge in [-0.15, -0.1) is 0 Å². The Balaban J connectivity index is 1.80. The second kappa shape index (κ2) is 7.94. The van der Waals surface area contributed by atoms with Crippen molar-refractivity contribution in [2.75, 3.05) is 0 Å². The Bertz CT molecular complexity index is 991. The molecule has 2 heterocycles. The van der Waals surface area contributed by atoms with Crippen molar-refractivity contribution in [1.82, 2.24) is 25.2 Å². The summed E-state index contributed by atoms with van der Waals surface area (Å²) in [6.45, 7) is 5.86. The summed E-state index contributed by atoms with van der Waals surface area (Å²) >= 11 is 0. The molecule has 0 aliphatic rings. The van der Waals surface area contributed by atoms with Crippen LogP contribution in [0.4, 0.5) is 0 Å². The van der Waals surface area contributed by atoms with Gasteiger partial charge in [-0.2, -0.15) is 10.1 Å². The Kier molecular flexibility index (Phi) is 5.44. The maximum Gasteiger partial charge on any atom is 0.316 e. The molecule has 3 rings (SSSR count). The maximum atomic E-state index is 12.1. The Morgan fingerprint density at radius 1 is 1.22 bits per heavy atom. The molecule has 0 fully saturated rings. The van der Waals surface area contributed by atoms with Gasteiger partial charge in [0.2, 0.25) is 0 Å². The Labute approximate surface area is 156 Å². The van der Waals surface area contributed by atoms with Gasteiger partial charge in [-0.25, -0.2) is 4.68 Å². The van der Waals surface area contributed by atoms with Gasteiger partial charge >= 0.3 is 11.8 Å². The molecule has 8 heteroatoms. The summed E-state index contributed by atoms with van der Waals surface area (Å²) < 4.78 is 6.24. The van der Waals surface area contributed by atoms with Crippen molar-refractivity contribution in [3.63, 3.8) is 0 Å². The molecule has 1 aromatic carbocycles. The van der Waals surface area contributed by atoms with Crippen LogP contribution in [0.3, 0.4) is 0 Å². The van der Waals surface area contributed by atoms with Crippen LogP contribution in [0.1, 0.15) is 42.3 Å². The lowest BCUT2D eigenvalue weighted by atomic mass is 10.1. The highest BCUT2D eigenvalue weighted by Crippen LogP contribution is 2.16. The number of rotatable bonds is 6. The molecule has 0 aliphatic heterocycles. The van der Waals surface area contributed by atoms with Gasteiger partial charge in [-0.1, -0.05) is 41.9 Å². The van der Waals surface area contributed by atoms with E-state index in [2.05, 4.69) is 20.6 Å². The topological polar surface area (TPSA) is 103 Å². The van der Waals surface area contributed by atoms with Crippen LogP contribution in [-0.2, 0) is 6.54 Å². The molecule has 140 valence electrons. The smallest absolute Gasteiger partial charge is 0.316 e. The van der Waals surface area contributed by atoms with Gasteiger partial charge in [0.15, 0.2) is 5.82 Å². The molecule has 1 amide bonds. The first-order chi connectivity index (χ1) is 13.0. The molecule has 1 atom stereocenters. The fourth-order valence-corrected chi connectivity index (χ4v) is 2.37. The van der Waals surface area contributed by atoms with E-state index in [0.29, 0.717) is 5.69 Å². The van der Waals surface area contributed by atoms with E-state index >= 15 is 0 Å². The van der Waals surface area contributed by atoms with Crippen LogP contribution in [0.25, 0.3) is 11.3 Å². The Morgan fingerprint density at radius 2 is 1.96 bits per heavy atom. The SMILES string of the molecule is CCC(C)NC(=O)c1nc(Cn2nc(-c3ccc(C)cc3)ccc2=O)no1.